The quantitative estimate of drug-likeness (QED) is 0.488. The Morgan fingerprint density at radius 2 is 2.00 bits per heavy atom. The van der Waals surface area contributed by atoms with Crippen molar-refractivity contribution in [1.29, 1.82) is 0 Å². The zero-order valence-electron chi connectivity index (χ0n) is 16.0. The Labute approximate surface area is 187 Å². The zero-order chi connectivity index (χ0) is 20.4. The predicted octanol–water partition coefficient (Wildman–Crippen LogP) is 5.34. The molecule has 2 aromatic heterocycles. The van der Waals surface area contributed by atoms with Crippen LogP contribution in [0.1, 0.15) is 21.7 Å². The van der Waals surface area contributed by atoms with Gasteiger partial charge in [0.05, 0.1) is 37.7 Å². The van der Waals surface area contributed by atoms with E-state index >= 15 is 0 Å². The molecule has 1 aromatic carbocycles. The maximum absolute atomic E-state index is 13.3. The summed E-state index contributed by atoms with van der Waals surface area (Å²) in [4.78, 5) is 22.8. The molecule has 3 aromatic rings. The Hall–Kier alpha value is -1.22. The third-order valence-electron chi connectivity index (χ3n) is 4.91. The molecule has 1 saturated heterocycles. The van der Waals surface area contributed by atoms with Gasteiger partial charge in [-0.1, -0.05) is 40.6 Å². The van der Waals surface area contributed by atoms with E-state index in [1.54, 1.807) is 17.0 Å². The van der Waals surface area contributed by atoms with E-state index < -0.39 is 0 Å². The second-order valence-corrected chi connectivity index (χ2v) is 10.0. The van der Waals surface area contributed by atoms with Crippen LogP contribution in [0.15, 0.2) is 24.3 Å². The van der Waals surface area contributed by atoms with E-state index in [9.17, 15) is 4.79 Å². The molecule has 0 N–H and O–H groups in total. The number of hydrogen-bond acceptors (Lipinski definition) is 6. The number of hydrogen-bond donors (Lipinski definition) is 0. The zero-order valence-corrected chi connectivity index (χ0v) is 19.1. The average Bonchev–Trinajstić information content (AvgIpc) is 3.36. The lowest BCUT2D eigenvalue weighted by atomic mass is 10.2. The number of thiophene rings is 1. The smallest absolute Gasteiger partial charge is 0.270 e. The van der Waals surface area contributed by atoms with Crippen LogP contribution in [-0.2, 0) is 4.74 Å². The van der Waals surface area contributed by atoms with Gasteiger partial charge in [-0.15, -0.1) is 11.3 Å². The van der Waals surface area contributed by atoms with E-state index in [0.29, 0.717) is 25.9 Å². The third kappa shape index (κ3) is 4.76. The topological polar surface area (TPSA) is 45.7 Å². The minimum atomic E-state index is -0.0725. The van der Waals surface area contributed by atoms with E-state index in [2.05, 4.69) is 4.90 Å². The molecule has 1 fully saturated rings. The Bertz CT molecular complexity index is 975. The van der Waals surface area contributed by atoms with Crippen molar-refractivity contribution in [3.8, 4) is 0 Å². The van der Waals surface area contributed by atoms with Crippen molar-refractivity contribution in [2.45, 2.75) is 13.3 Å². The van der Waals surface area contributed by atoms with Crippen LogP contribution in [0.3, 0.4) is 0 Å². The minimum Gasteiger partial charge on any atom is -0.379 e. The SMILES string of the molecule is Cc1ccc(Cl)c2sc(N(CCCN3CCOCC3)C(=O)c3ccc(Cl)s3)nc12. The minimum absolute atomic E-state index is 0.0725. The predicted molar refractivity (Wildman–Crippen MR) is 122 cm³/mol. The number of halogens is 2. The first-order chi connectivity index (χ1) is 14.0. The van der Waals surface area contributed by atoms with Gasteiger partial charge in [-0.25, -0.2) is 4.98 Å². The first kappa shape index (κ1) is 21.0. The molecule has 1 aliphatic rings. The lowest BCUT2D eigenvalue weighted by Crippen LogP contribution is -2.39. The number of aromatic nitrogens is 1. The Kier molecular flexibility index (Phi) is 6.73. The molecule has 0 radical (unpaired) electrons. The number of thiazole rings is 1. The van der Waals surface area contributed by atoms with Crippen LogP contribution in [0, 0.1) is 6.92 Å². The highest BCUT2D eigenvalue weighted by atomic mass is 35.5. The van der Waals surface area contributed by atoms with Gasteiger partial charge in [0.2, 0.25) is 0 Å². The maximum Gasteiger partial charge on any atom is 0.270 e. The summed E-state index contributed by atoms with van der Waals surface area (Å²) in [6.45, 7) is 6.92. The highest BCUT2D eigenvalue weighted by Crippen LogP contribution is 2.36. The van der Waals surface area contributed by atoms with Gasteiger partial charge in [0.15, 0.2) is 5.13 Å². The number of rotatable bonds is 6. The summed E-state index contributed by atoms with van der Waals surface area (Å²) in [5.41, 5.74) is 1.90. The van der Waals surface area contributed by atoms with Crippen molar-refractivity contribution in [2.75, 3.05) is 44.3 Å². The first-order valence-electron chi connectivity index (χ1n) is 9.46. The van der Waals surface area contributed by atoms with Crippen molar-refractivity contribution in [2.24, 2.45) is 0 Å². The van der Waals surface area contributed by atoms with Crippen molar-refractivity contribution in [1.82, 2.24) is 9.88 Å². The number of carbonyl (C=O) groups is 1. The molecule has 154 valence electrons. The second kappa shape index (κ2) is 9.29. The number of nitrogens with zero attached hydrogens (tertiary/aromatic N) is 3. The molecule has 29 heavy (non-hydrogen) atoms. The molecule has 1 aliphatic heterocycles. The van der Waals surface area contributed by atoms with Crippen LogP contribution in [0.5, 0.6) is 0 Å². The Balaban J connectivity index is 1.59. The number of carbonyl (C=O) groups excluding carboxylic acids is 1. The molecule has 4 rings (SSSR count). The molecule has 0 saturated carbocycles. The van der Waals surface area contributed by atoms with Gasteiger partial charge in [0, 0.05) is 26.2 Å². The number of amides is 1. The summed E-state index contributed by atoms with van der Waals surface area (Å²) >= 11 is 15.2. The van der Waals surface area contributed by atoms with E-state index in [4.69, 9.17) is 32.9 Å². The van der Waals surface area contributed by atoms with Crippen molar-refractivity contribution >= 4 is 67.1 Å². The molecule has 1 amide bonds. The maximum atomic E-state index is 13.3. The van der Waals surface area contributed by atoms with Gasteiger partial charge in [-0.2, -0.15) is 0 Å². The lowest BCUT2D eigenvalue weighted by molar-refractivity contribution is 0.0376. The van der Waals surface area contributed by atoms with Crippen LogP contribution >= 0.6 is 45.9 Å². The molecule has 0 unspecified atom stereocenters. The van der Waals surface area contributed by atoms with E-state index in [0.717, 1.165) is 55.0 Å². The third-order valence-corrected chi connectivity index (χ3v) is 7.66. The van der Waals surface area contributed by atoms with Crippen LogP contribution in [0.2, 0.25) is 9.36 Å². The number of ether oxygens (including phenoxy) is 1. The van der Waals surface area contributed by atoms with Gasteiger partial charge in [0.1, 0.15) is 0 Å². The Morgan fingerprint density at radius 3 is 2.69 bits per heavy atom. The summed E-state index contributed by atoms with van der Waals surface area (Å²) < 4.78 is 6.93. The largest absolute Gasteiger partial charge is 0.379 e. The van der Waals surface area contributed by atoms with E-state index in [-0.39, 0.29) is 5.91 Å². The van der Waals surface area contributed by atoms with Gasteiger partial charge in [-0.05, 0) is 37.1 Å². The van der Waals surface area contributed by atoms with Crippen molar-refractivity contribution in [3.05, 3.63) is 44.1 Å². The summed E-state index contributed by atoms with van der Waals surface area (Å²) in [6, 6.07) is 7.36. The Morgan fingerprint density at radius 1 is 1.21 bits per heavy atom. The molecule has 0 atom stereocenters. The number of benzene rings is 1. The van der Waals surface area contributed by atoms with E-state index in [1.165, 1.54) is 22.7 Å². The normalized spacial score (nSPS) is 15.1. The van der Waals surface area contributed by atoms with Gasteiger partial charge < -0.3 is 4.74 Å². The van der Waals surface area contributed by atoms with Gasteiger partial charge >= 0.3 is 0 Å². The number of morpholine rings is 1. The van der Waals surface area contributed by atoms with Gasteiger partial charge in [0.25, 0.3) is 5.91 Å². The molecule has 5 nitrogen and oxygen atoms in total. The molecule has 0 bridgehead atoms. The average molecular weight is 470 g/mol. The van der Waals surface area contributed by atoms with Crippen LogP contribution in [0.25, 0.3) is 10.2 Å². The van der Waals surface area contributed by atoms with Crippen LogP contribution in [-0.4, -0.2) is 55.2 Å². The van der Waals surface area contributed by atoms with Crippen LogP contribution in [0.4, 0.5) is 5.13 Å². The summed E-state index contributed by atoms with van der Waals surface area (Å²) in [5, 5.41) is 1.34. The molecular weight excluding hydrogens is 449 g/mol. The van der Waals surface area contributed by atoms with Crippen molar-refractivity contribution in [3.63, 3.8) is 0 Å². The lowest BCUT2D eigenvalue weighted by Gasteiger charge is -2.27. The number of fused-ring (bicyclic) bond motifs is 1. The fourth-order valence-electron chi connectivity index (χ4n) is 3.33. The molecular formula is C20H21Cl2N3O2S2. The summed E-state index contributed by atoms with van der Waals surface area (Å²) in [7, 11) is 0. The van der Waals surface area contributed by atoms with Crippen LogP contribution < -0.4 is 4.90 Å². The van der Waals surface area contributed by atoms with E-state index in [1.807, 2.05) is 19.1 Å². The fourth-order valence-corrected chi connectivity index (χ4v) is 5.66. The standard InChI is InChI=1S/C20H21Cl2N3O2S2/c1-13-3-4-14(21)18-17(13)23-20(29-18)25(19(26)15-5-6-16(22)28-15)8-2-7-24-9-11-27-12-10-24/h3-6H,2,7-12H2,1H3. The summed E-state index contributed by atoms with van der Waals surface area (Å²) in [5.74, 6) is -0.0725. The highest BCUT2D eigenvalue weighted by Gasteiger charge is 2.24. The number of aryl methyl sites for hydroxylation is 1. The second-order valence-electron chi connectivity index (χ2n) is 6.91. The molecule has 0 aliphatic carbocycles. The van der Waals surface area contributed by atoms with Crippen molar-refractivity contribution < 1.29 is 9.53 Å². The highest BCUT2D eigenvalue weighted by molar-refractivity contribution is 7.23. The monoisotopic (exact) mass is 469 g/mol. The van der Waals surface area contributed by atoms with Gasteiger partial charge in [-0.3, -0.25) is 14.6 Å². The summed E-state index contributed by atoms with van der Waals surface area (Å²) in [6.07, 6.45) is 0.855. The molecule has 0 spiro atoms. The molecule has 3 heterocycles. The first-order valence-corrected chi connectivity index (χ1v) is 11.8. The fraction of sp³-hybridized carbons (Fsp3) is 0.400. The number of anilines is 1. The molecule has 9 heteroatoms.